The number of aromatic nitrogens is 4. The number of hydrogen-bond donors (Lipinski definition) is 5. The second-order valence-electron chi connectivity index (χ2n) is 22.0. The van der Waals surface area contributed by atoms with Crippen LogP contribution >= 0.6 is 15.2 Å². The third-order valence-electron chi connectivity index (χ3n) is 12.1. The highest BCUT2D eigenvalue weighted by Gasteiger charge is 2.35. The van der Waals surface area contributed by atoms with Crippen molar-refractivity contribution in [3.05, 3.63) is 117 Å². The van der Waals surface area contributed by atoms with Crippen molar-refractivity contribution in [2.24, 2.45) is 5.92 Å². The van der Waals surface area contributed by atoms with Crippen molar-refractivity contribution in [1.29, 1.82) is 0 Å². The number of carboxylic acids is 1. The van der Waals surface area contributed by atoms with Gasteiger partial charge in [-0.3, -0.25) is 43.3 Å². The number of nitrogens with zero attached hydrogens (tertiary/aromatic N) is 5. The van der Waals surface area contributed by atoms with E-state index >= 15 is 0 Å². The van der Waals surface area contributed by atoms with Gasteiger partial charge in [0, 0.05) is 32.0 Å². The normalized spacial score (nSPS) is 11.8. The van der Waals surface area contributed by atoms with E-state index in [0.29, 0.717) is 25.8 Å². The van der Waals surface area contributed by atoms with Crippen LogP contribution < -0.4 is 32.6 Å². The zero-order chi connectivity index (χ0) is 71.2. The molecule has 2 aromatic heterocycles. The Labute approximate surface area is 559 Å². The molecule has 5 amide bonds. The maximum atomic E-state index is 13.7. The molecule has 4 aromatic rings. The van der Waals surface area contributed by atoms with E-state index in [1.807, 2.05) is 24.3 Å². The smallest absolute Gasteiger partial charge is 0.413 e. The highest BCUT2D eigenvalue weighted by atomic mass is 31.2. The number of anilines is 2. The van der Waals surface area contributed by atoms with Gasteiger partial charge in [-0.2, -0.15) is 9.97 Å². The maximum absolute atomic E-state index is 13.7. The first kappa shape index (κ1) is 85.5. The van der Waals surface area contributed by atoms with Gasteiger partial charge < -0.3 is 67.2 Å². The van der Waals surface area contributed by atoms with Gasteiger partial charge in [0.05, 0.1) is 58.9 Å². The highest BCUT2D eigenvalue weighted by molar-refractivity contribution is 7.54. The van der Waals surface area contributed by atoms with Gasteiger partial charge in [-0.1, -0.05) is 68.1 Å². The first-order valence-corrected chi connectivity index (χ1v) is 33.7. The topological polar surface area (TPSA) is 404 Å². The molecule has 0 aliphatic heterocycles. The Bertz CT molecular complexity index is 3270. The average Bonchev–Trinajstić information content (AvgIpc) is 1.93. The molecule has 2 atom stereocenters. The minimum Gasteiger partial charge on any atom is -0.480 e. The van der Waals surface area contributed by atoms with E-state index in [9.17, 15) is 57.1 Å². The summed E-state index contributed by atoms with van der Waals surface area (Å²) >= 11 is 0. The molecule has 34 heteroatoms. The summed E-state index contributed by atoms with van der Waals surface area (Å²) in [4.78, 5) is 129. The lowest BCUT2D eigenvalue weighted by atomic mass is 10.0. The van der Waals surface area contributed by atoms with Crippen molar-refractivity contribution >= 4 is 75.0 Å². The number of alkyl carbamates (subject to hydrolysis) is 2. The van der Waals surface area contributed by atoms with Crippen LogP contribution in [0, 0.1) is 5.92 Å². The number of esters is 2. The molecule has 536 valence electrons. The Morgan fingerprint density at radius 2 is 0.969 bits per heavy atom. The first-order valence-electron chi connectivity index (χ1n) is 30.3. The summed E-state index contributed by atoms with van der Waals surface area (Å²) < 4.78 is 78.9. The molecule has 2 aromatic carbocycles. The second kappa shape index (κ2) is 44.2. The summed E-state index contributed by atoms with van der Waals surface area (Å²) in [5, 5.41) is 18.4. The standard InChI is InChI=1S/C30H44N5O11P.C17H34NO7P.C14H13N3O5.CH4/c1-7-44-47(41,45-8-2)19-15-23(26(37)42-6)35(18-16-31-28(39)46-30(3,4)5)25(36)20-34-17-14-24(32-27(34)38)33-29(40)43-21-22-12-10-9-11-13-22;1-7-23-26(21,24-8-2)13-11-14(15(19)22-6)10-9-12-18-16(20)25-17(3,4)5;18-12(19)8-17-7-6-11(15-13(17)20)16-14(21)22-9-10-4-2-1-3-5-10;/h9-14,17,23H,7-8,15-16,18-21H2,1-6H3,(H,31,39)(H,32,33,38,40);14H,7-13H2,1-6H3,(H,18,20);1-7H,8-9H2,(H,18,19)(H,15,16,20,21);1H4/t23-;14-;;/m11../s1. The third kappa shape index (κ3) is 35.8. The van der Waals surface area contributed by atoms with E-state index in [4.69, 9.17) is 51.6 Å². The zero-order valence-electron chi connectivity index (χ0n) is 55.8. The molecule has 0 aliphatic rings. The van der Waals surface area contributed by atoms with Crippen LogP contribution in [0.1, 0.15) is 113 Å². The lowest BCUT2D eigenvalue weighted by molar-refractivity contribution is -0.153. The molecule has 0 saturated heterocycles. The van der Waals surface area contributed by atoms with Crippen LogP contribution in [0.5, 0.6) is 0 Å². The van der Waals surface area contributed by atoms with Crippen LogP contribution in [-0.2, 0) is 101 Å². The molecule has 0 fully saturated rings. The quantitative estimate of drug-likeness (QED) is 0.0126. The second-order valence-corrected chi connectivity index (χ2v) is 26.3. The Morgan fingerprint density at radius 1 is 0.562 bits per heavy atom. The summed E-state index contributed by atoms with van der Waals surface area (Å²) in [6.45, 7) is 17.0. The van der Waals surface area contributed by atoms with E-state index in [1.165, 1.54) is 31.6 Å². The molecule has 0 bridgehead atoms. The van der Waals surface area contributed by atoms with Crippen molar-refractivity contribution in [3.8, 4) is 0 Å². The van der Waals surface area contributed by atoms with Gasteiger partial charge in [-0.05, 0) is 118 Å². The zero-order valence-corrected chi connectivity index (χ0v) is 57.6. The van der Waals surface area contributed by atoms with Crippen LogP contribution in [0.4, 0.5) is 30.8 Å². The van der Waals surface area contributed by atoms with Gasteiger partial charge in [-0.15, -0.1) is 0 Å². The largest absolute Gasteiger partial charge is 0.480 e. The van der Waals surface area contributed by atoms with E-state index in [0.717, 1.165) is 32.3 Å². The molecule has 0 spiro atoms. The summed E-state index contributed by atoms with van der Waals surface area (Å²) in [6, 6.07) is 19.4. The summed E-state index contributed by atoms with van der Waals surface area (Å²) in [5.74, 6) is -3.63. The van der Waals surface area contributed by atoms with Crippen LogP contribution in [0.25, 0.3) is 0 Å². The SMILES string of the molecule is C.CCOP(=O)(CC[C@@H](CCCNC(=O)OC(C)(C)C)C(=O)OC)OCC.CCOP(=O)(CC[C@H](C(=O)OC)N(CCNC(=O)OC(C)(C)C)C(=O)Cn1ccc(NC(=O)OCc2ccccc2)nc1=O)OCC.O=C(O)Cn1ccc(NC(=O)OCc2ccccc2)nc1=O. The summed E-state index contributed by atoms with van der Waals surface area (Å²) in [5.41, 5.74) is -1.40. The Morgan fingerprint density at radius 3 is 1.35 bits per heavy atom. The molecule has 0 unspecified atom stereocenters. The number of carbonyl (C=O) groups excluding carboxylic acids is 7. The summed E-state index contributed by atoms with van der Waals surface area (Å²) in [7, 11) is -4.37. The summed E-state index contributed by atoms with van der Waals surface area (Å²) in [6.07, 6.45) is 0.758. The molecule has 0 saturated carbocycles. The fourth-order valence-electron chi connectivity index (χ4n) is 8.05. The lowest BCUT2D eigenvalue weighted by Gasteiger charge is -2.31. The number of rotatable bonds is 34. The number of benzene rings is 2. The number of carboxylic acid groups (broad SMARTS) is 1. The number of carbonyl (C=O) groups is 8. The predicted molar refractivity (Wildman–Crippen MR) is 353 cm³/mol. The Balaban J connectivity index is 0.000000791. The van der Waals surface area contributed by atoms with Crippen LogP contribution in [-0.4, -0.2) is 167 Å². The minimum atomic E-state index is -3.62. The fraction of sp³-hybridized carbons (Fsp3) is 0.548. The van der Waals surface area contributed by atoms with Gasteiger partial charge in [-0.25, -0.2) is 33.6 Å². The van der Waals surface area contributed by atoms with Gasteiger partial charge >= 0.3 is 68.9 Å². The molecule has 96 heavy (non-hydrogen) atoms. The van der Waals surface area contributed by atoms with Crippen molar-refractivity contribution < 1.29 is 99.1 Å². The Hall–Kier alpha value is -8.54. The molecular weight excluding hydrogens is 1300 g/mol. The number of methoxy groups -OCH3 is 2. The number of aliphatic carboxylic acids is 1. The monoisotopic (exact) mass is 1400 g/mol. The third-order valence-corrected chi connectivity index (χ3v) is 16.3. The first-order chi connectivity index (χ1) is 44.8. The van der Waals surface area contributed by atoms with E-state index in [-0.39, 0.29) is 96.5 Å². The minimum absolute atomic E-state index is 0. The van der Waals surface area contributed by atoms with Crippen molar-refractivity contribution in [1.82, 2.24) is 34.6 Å². The van der Waals surface area contributed by atoms with E-state index in [1.54, 1.807) is 106 Å². The number of amides is 5. The fourth-order valence-corrected chi connectivity index (χ4v) is 11.5. The molecule has 2 heterocycles. The van der Waals surface area contributed by atoms with Gasteiger partial charge in [0.2, 0.25) is 5.91 Å². The van der Waals surface area contributed by atoms with Gasteiger partial charge in [0.25, 0.3) is 0 Å². The number of hydrogen-bond acceptors (Lipinski definition) is 24. The lowest BCUT2D eigenvalue weighted by Crippen LogP contribution is -2.51. The average molecular weight is 1400 g/mol. The molecular formula is C62H95N9O23P2. The van der Waals surface area contributed by atoms with Crippen LogP contribution in [0.15, 0.2) is 94.8 Å². The number of ether oxygens (including phenoxy) is 6. The molecule has 5 N–H and O–H groups in total. The Kier molecular flexibility index (Phi) is 39.4. The van der Waals surface area contributed by atoms with Gasteiger partial charge in [0.1, 0.15) is 55.2 Å². The molecule has 0 radical (unpaired) electrons. The van der Waals surface area contributed by atoms with E-state index < -0.39 is 105 Å². The van der Waals surface area contributed by atoms with Crippen molar-refractivity contribution in [2.45, 2.75) is 146 Å². The number of nitrogens with one attached hydrogen (secondary N) is 4. The van der Waals surface area contributed by atoms with Crippen molar-refractivity contribution in [2.75, 3.05) is 83.2 Å². The van der Waals surface area contributed by atoms with Crippen LogP contribution in [0.2, 0.25) is 0 Å². The van der Waals surface area contributed by atoms with Crippen molar-refractivity contribution in [3.63, 3.8) is 0 Å². The predicted octanol–water partition coefficient (Wildman–Crippen LogP) is 8.99. The van der Waals surface area contributed by atoms with Gasteiger partial charge in [0.15, 0.2) is 0 Å². The maximum Gasteiger partial charge on any atom is 0.413 e. The molecule has 0 aliphatic carbocycles. The molecule has 32 nitrogen and oxygen atoms in total. The van der Waals surface area contributed by atoms with Crippen LogP contribution in [0.3, 0.4) is 0 Å². The highest BCUT2D eigenvalue weighted by Crippen LogP contribution is 2.50. The van der Waals surface area contributed by atoms with E-state index in [2.05, 4.69) is 31.2 Å². The molecule has 4 rings (SSSR count).